The SMILES string of the molecule is O=C(Nc1cccc(Cl)c1)[C@@H]1CC[C@H](C(=O)O)O1. The van der Waals surface area contributed by atoms with Crippen LogP contribution >= 0.6 is 11.6 Å². The summed E-state index contributed by atoms with van der Waals surface area (Å²) in [6, 6.07) is 6.73. The summed E-state index contributed by atoms with van der Waals surface area (Å²) in [4.78, 5) is 22.5. The number of aliphatic carboxylic acids is 1. The summed E-state index contributed by atoms with van der Waals surface area (Å²) in [5, 5.41) is 11.9. The Morgan fingerprint density at radius 1 is 1.33 bits per heavy atom. The average Bonchev–Trinajstić information content (AvgIpc) is 2.78. The van der Waals surface area contributed by atoms with Gasteiger partial charge in [-0.1, -0.05) is 17.7 Å². The summed E-state index contributed by atoms with van der Waals surface area (Å²) >= 11 is 5.79. The van der Waals surface area contributed by atoms with E-state index in [4.69, 9.17) is 21.4 Å². The van der Waals surface area contributed by atoms with Crippen LogP contribution in [0.25, 0.3) is 0 Å². The lowest BCUT2D eigenvalue weighted by Crippen LogP contribution is -2.29. The van der Waals surface area contributed by atoms with Gasteiger partial charge in [-0.3, -0.25) is 4.79 Å². The van der Waals surface area contributed by atoms with Gasteiger partial charge in [0, 0.05) is 10.7 Å². The van der Waals surface area contributed by atoms with Crippen molar-refractivity contribution in [3.05, 3.63) is 29.3 Å². The minimum atomic E-state index is -1.03. The number of hydrogen-bond acceptors (Lipinski definition) is 3. The number of halogens is 1. The third-order valence-corrected chi connectivity index (χ3v) is 2.91. The van der Waals surface area contributed by atoms with Crippen molar-refractivity contribution >= 4 is 29.2 Å². The highest BCUT2D eigenvalue weighted by molar-refractivity contribution is 6.30. The molecule has 0 unspecified atom stereocenters. The van der Waals surface area contributed by atoms with Crippen LogP contribution < -0.4 is 5.32 Å². The number of benzene rings is 1. The lowest BCUT2D eigenvalue weighted by Gasteiger charge is -2.11. The van der Waals surface area contributed by atoms with E-state index in [1.807, 2.05) is 0 Å². The molecule has 1 fully saturated rings. The van der Waals surface area contributed by atoms with Crippen LogP contribution in [-0.2, 0) is 14.3 Å². The Hall–Kier alpha value is -1.59. The van der Waals surface area contributed by atoms with E-state index in [-0.39, 0.29) is 5.91 Å². The fraction of sp³-hybridized carbons (Fsp3) is 0.333. The van der Waals surface area contributed by atoms with Gasteiger partial charge in [-0.15, -0.1) is 0 Å². The van der Waals surface area contributed by atoms with E-state index in [0.717, 1.165) is 0 Å². The first-order chi connectivity index (χ1) is 8.56. The molecule has 1 heterocycles. The normalized spacial score (nSPS) is 22.7. The Morgan fingerprint density at radius 3 is 2.67 bits per heavy atom. The highest BCUT2D eigenvalue weighted by Crippen LogP contribution is 2.22. The molecule has 1 aliphatic rings. The predicted octanol–water partition coefficient (Wildman–Crippen LogP) is 1.91. The molecule has 0 radical (unpaired) electrons. The van der Waals surface area contributed by atoms with Crippen molar-refractivity contribution in [3.63, 3.8) is 0 Å². The summed E-state index contributed by atoms with van der Waals surface area (Å²) < 4.78 is 5.14. The van der Waals surface area contributed by atoms with Crippen molar-refractivity contribution in [2.45, 2.75) is 25.0 Å². The summed E-state index contributed by atoms with van der Waals surface area (Å²) in [6.07, 6.45) is -0.850. The van der Waals surface area contributed by atoms with Gasteiger partial charge in [-0.25, -0.2) is 4.79 Å². The van der Waals surface area contributed by atoms with E-state index in [2.05, 4.69) is 5.32 Å². The van der Waals surface area contributed by atoms with Gasteiger partial charge in [0.05, 0.1) is 0 Å². The standard InChI is InChI=1S/C12H12ClNO4/c13-7-2-1-3-8(6-7)14-11(15)9-4-5-10(18-9)12(16)17/h1-3,6,9-10H,4-5H2,(H,14,15)(H,16,17)/t9-,10+/m0/s1. The van der Waals surface area contributed by atoms with Crippen molar-refractivity contribution in [2.24, 2.45) is 0 Å². The predicted molar refractivity (Wildman–Crippen MR) is 65.6 cm³/mol. The number of rotatable bonds is 3. The molecule has 1 aromatic rings. The first kappa shape index (κ1) is 12.9. The smallest absolute Gasteiger partial charge is 0.332 e. The van der Waals surface area contributed by atoms with Gasteiger partial charge in [0.1, 0.15) is 6.10 Å². The van der Waals surface area contributed by atoms with Gasteiger partial charge in [-0.2, -0.15) is 0 Å². The van der Waals surface area contributed by atoms with E-state index in [9.17, 15) is 9.59 Å². The van der Waals surface area contributed by atoms with Gasteiger partial charge in [-0.05, 0) is 31.0 Å². The molecule has 1 aliphatic heterocycles. The maximum absolute atomic E-state index is 11.8. The molecule has 2 atom stereocenters. The number of carbonyl (C=O) groups is 2. The van der Waals surface area contributed by atoms with E-state index >= 15 is 0 Å². The Bertz CT molecular complexity index is 477. The molecule has 18 heavy (non-hydrogen) atoms. The Balaban J connectivity index is 1.95. The molecule has 0 saturated carbocycles. The number of anilines is 1. The average molecular weight is 270 g/mol. The minimum Gasteiger partial charge on any atom is -0.479 e. The molecule has 6 heteroatoms. The molecule has 1 amide bonds. The molecule has 1 saturated heterocycles. The van der Waals surface area contributed by atoms with Crippen LogP contribution in [0.1, 0.15) is 12.8 Å². The van der Waals surface area contributed by atoms with Crippen molar-refractivity contribution < 1.29 is 19.4 Å². The third kappa shape index (κ3) is 3.00. The van der Waals surface area contributed by atoms with E-state index < -0.39 is 18.2 Å². The first-order valence-electron chi connectivity index (χ1n) is 5.51. The number of ether oxygens (including phenoxy) is 1. The van der Waals surface area contributed by atoms with Crippen molar-refractivity contribution in [1.29, 1.82) is 0 Å². The van der Waals surface area contributed by atoms with Crippen LogP contribution in [0.5, 0.6) is 0 Å². The second kappa shape index (κ2) is 5.37. The van der Waals surface area contributed by atoms with Gasteiger partial charge in [0.2, 0.25) is 0 Å². The van der Waals surface area contributed by atoms with Crippen LogP contribution in [0.3, 0.4) is 0 Å². The largest absolute Gasteiger partial charge is 0.479 e. The maximum Gasteiger partial charge on any atom is 0.332 e. The molecular formula is C12H12ClNO4. The number of carbonyl (C=O) groups excluding carboxylic acids is 1. The number of amides is 1. The molecule has 0 spiro atoms. The van der Waals surface area contributed by atoms with Crippen LogP contribution in [0.15, 0.2) is 24.3 Å². The second-order valence-electron chi connectivity index (χ2n) is 4.03. The number of carboxylic acids is 1. The topological polar surface area (TPSA) is 75.6 Å². The third-order valence-electron chi connectivity index (χ3n) is 2.68. The minimum absolute atomic E-state index is 0.346. The molecule has 2 rings (SSSR count). The molecule has 96 valence electrons. The Morgan fingerprint density at radius 2 is 2.06 bits per heavy atom. The van der Waals surface area contributed by atoms with Crippen LogP contribution in [0.2, 0.25) is 5.02 Å². The summed E-state index contributed by atoms with van der Waals surface area (Å²) in [6.45, 7) is 0. The van der Waals surface area contributed by atoms with Crippen molar-refractivity contribution in [1.82, 2.24) is 0 Å². The van der Waals surface area contributed by atoms with Gasteiger partial charge >= 0.3 is 5.97 Å². The zero-order valence-corrected chi connectivity index (χ0v) is 10.2. The second-order valence-corrected chi connectivity index (χ2v) is 4.46. The molecule has 0 aliphatic carbocycles. The molecule has 0 bridgehead atoms. The number of nitrogens with one attached hydrogen (secondary N) is 1. The van der Waals surface area contributed by atoms with Crippen LogP contribution in [-0.4, -0.2) is 29.2 Å². The van der Waals surface area contributed by atoms with Crippen LogP contribution in [0, 0.1) is 0 Å². The molecular weight excluding hydrogens is 258 g/mol. The Labute approximate surface area is 109 Å². The highest BCUT2D eigenvalue weighted by atomic mass is 35.5. The molecule has 0 aromatic heterocycles. The molecule has 5 nitrogen and oxygen atoms in total. The molecule has 2 N–H and O–H groups in total. The van der Waals surface area contributed by atoms with Crippen LogP contribution in [0.4, 0.5) is 5.69 Å². The van der Waals surface area contributed by atoms with Gasteiger partial charge < -0.3 is 15.2 Å². The monoisotopic (exact) mass is 269 g/mol. The first-order valence-corrected chi connectivity index (χ1v) is 5.89. The highest BCUT2D eigenvalue weighted by Gasteiger charge is 2.34. The van der Waals surface area contributed by atoms with E-state index in [0.29, 0.717) is 23.6 Å². The zero-order chi connectivity index (χ0) is 13.1. The van der Waals surface area contributed by atoms with Gasteiger partial charge in [0.15, 0.2) is 6.10 Å². The fourth-order valence-electron chi connectivity index (χ4n) is 1.80. The number of hydrogen-bond donors (Lipinski definition) is 2. The zero-order valence-electron chi connectivity index (χ0n) is 9.43. The quantitative estimate of drug-likeness (QED) is 0.879. The summed E-state index contributed by atoms with van der Waals surface area (Å²) in [5.41, 5.74) is 0.565. The van der Waals surface area contributed by atoms with E-state index in [1.165, 1.54) is 0 Å². The summed E-state index contributed by atoms with van der Waals surface area (Å²) in [5.74, 6) is -1.38. The number of carboxylic acid groups (broad SMARTS) is 1. The fourth-order valence-corrected chi connectivity index (χ4v) is 1.99. The molecule has 1 aromatic carbocycles. The van der Waals surface area contributed by atoms with Gasteiger partial charge in [0.25, 0.3) is 5.91 Å². The van der Waals surface area contributed by atoms with Crippen molar-refractivity contribution in [3.8, 4) is 0 Å². The summed E-state index contributed by atoms with van der Waals surface area (Å²) in [7, 11) is 0. The lowest BCUT2D eigenvalue weighted by molar-refractivity contribution is -0.150. The lowest BCUT2D eigenvalue weighted by atomic mass is 10.2. The maximum atomic E-state index is 11.8. The Kier molecular flexibility index (Phi) is 3.84. The van der Waals surface area contributed by atoms with E-state index in [1.54, 1.807) is 24.3 Å². The van der Waals surface area contributed by atoms with Crippen molar-refractivity contribution in [2.75, 3.05) is 5.32 Å².